The van der Waals surface area contributed by atoms with Crippen molar-refractivity contribution in [3.8, 4) is 0 Å². The van der Waals surface area contributed by atoms with Crippen LogP contribution in [0.2, 0.25) is 0 Å². The third-order valence-corrected chi connectivity index (χ3v) is 4.96. The lowest BCUT2D eigenvalue weighted by Crippen LogP contribution is -2.32. The molecule has 2 aromatic rings. The zero-order valence-electron chi connectivity index (χ0n) is 12.9. The van der Waals surface area contributed by atoms with Crippen LogP contribution < -0.4 is 5.32 Å². The van der Waals surface area contributed by atoms with Gasteiger partial charge >= 0.3 is 5.97 Å². The largest absolute Gasteiger partial charge is 0.480 e. The van der Waals surface area contributed by atoms with Crippen molar-refractivity contribution in [1.82, 2.24) is 4.98 Å². The van der Waals surface area contributed by atoms with Crippen molar-refractivity contribution in [2.45, 2.75) is 18.1 Å². The first-order chi connectivity index (χ1) is 11.6. The van der Waals surface area contributed by atoms with E-state index in [1.165, 1.54) is 6.20 Å². The molecule has 1 amide bonds. The van der Waals surface area contributed by atoms with Crippen LogP contribution >= 0.6 is 0 Å². The number of carboxylic acids is 1. The third kappa shape index (κ3) is 5.58. The Morgan fingerprint density at radius 3 is 2.46 bits per heavy atom. The number of pyridine rings is 1. The van der Waals surface area contributed by atoms with Crippen molar-refractivity contribution in [3.63, 3.8) is 0 Å². The first kappa shape index (κ1) is 17.8. The smallest absolute Gasteiger partial charge is 0.319 e. The van der Waals surface area contributed by atoms with E-state index in [1.54, 1.807) is 18.2 Å². The van der Waals surface area contributed by atoms with Gasteiger partial charge < -0.3 is 10.4 Å². The van der Waals surface area contributed by atoms with Gasteiger partial charge in [-0.25, -0.2) is 4.98 Å². The summed E-state index contributed by atoms with van der Waals surface area (Å²) >= 11 is 0. The molecule has 1 aromatic carbocycles. The van der Waals surface area contributed by atoms with Gasteiger partial charge in [-0.2, -0.15) is 0 Å². The van der Waals surface area contributed by atoms with Gasteiger partial charge in [-0.1, -0.05) is 36.4 Å². The summed E-state index contributed by atoms with van der Waals surface area (Å²) in [5, 5.41) is 10.7. The molecule has 0 fully saturated rings. The summed E-state index contributed by atoms with van der Waals surface area (Å²) < 4.78 is 12.3. The molecule has 1 heterocycles. The monoisotopic (exact) mass is 346 g/mol. The molecule has 2 N–H and O–H groups in total. The minimum atomic E-state index is -1.80. The molecule has 126 valence electrons. The fraction of sp³-hybridized carbons (Fsp3) is 0.235. The Balaban J connectivity index is 1.91. The Hall–Kier alpha value is -2.54. The van der Waals surface area contributed by atoms with Crippen molar-refractivity contribution < 1.29 is 18.9 Å². The second-order valence-corrected chi connectivity index (χ2v) is 6.76. The van der Waals surface area contributed by atoms with Gasteiger partial charge in [-0.05, 0) is 30.5 Å². The molecule has 24 heavy (non-hydrogen) atoms. The standard InChI is InChI=1S/C17H18N2O4S/c20-16(19-15-8-4-5-11-18-15)12-24(23)14(17(21)22)10-9-13-6-2-1-3-7-13/h1-8,11,14H,9-10,12H2,(H,21,22)(H,18,19,20). The number of nitrogens with one attached hydrogen (secondary N) is 1. The quantitative estimate of drug-likeness (QED) is 0.760. The maximum Gasteiger partial charge on any atom is 0.319 e. The van der Waals surface area contributed by atoms with E-state index in [0.29, 0.717) is 12.2 Å². The second kappa shape index (κ2) is 8.93. The number of hydrogen-bond acceptors (Lipinski definition) is 4. The highest BCUT2D eigenvalue weighted by molar-refractivity contribution is 7.87. The number of nitrogens with zero attached hydrogens (tertiary/aromatic N) is 1. The average Bonchev–Trinajstić information content (AvgIpc) is 2.56. The Morgan fingerprint density at radius 2 is 1.83 bits per heavy atom. The average molecular weight is 346 g/mol. The Kier molecular flexibility index (Phi) is 6.62. The number of carbonyl (C=O) groups is 2. The van der Waals surface area contributed by atoms with Crippen LogP contribution in [0.3, 0.4) is 0 Å². The van der Waals surface area contributed by atoms with Crippen LogP contribution in [-0.2, 0) is 26.8 Å². The van der Waals surface area contributed by atoms with E-state index >= 15 is 0 Å². The van der Waals surface area contributed by atoms with E-state index in [9.17, 15) is 18.9 Å². The lowest BCUT2D eigenvalue weighted by Gasteiger charge is -2.12. The van der Waals surface area contributed by atoms with Crippen LogP contribution in [0.15, 0.2) is 54.7 Å². The normalized spacial score (nSPS) is 13.0. The maximum atomic E-state index is 12.3. The SMILES string of the molecule is O=C(CS(=O)C(CCc1ccccc1)C(=O)O)Nc1ccccn1. The van der Waals surface area contributed by atoms with Gasteiger partial charge in [0.15, 0.2) is 0 Å². The number of amides is 1. The lowest BCUT2D eigenvalue weighted by molar-refractivity contribution is -0.136. The van der Waals surface area contributed by atoms with Gasteiger partial charge in [0.1, 0.15) is 16.8 Å². The van der Waals surface area contributed by atoms with Crippen LogP contribution in [0.4, 0.5) is 5.82 Å². The molecule has 0 saturated heterocycles. The van der Waals surface area contributed by atoms with Gasteiger partial charge in [-0.3, -0.25) is 13.8 Å². The Morgan fingerprint density at radius 1 is 1.12 bits per heavy atom. The van der Waals surface area contributed by atoms with E-state index in [4.69, 9.17) is 0 Å². The van der Waals surface area contributed by atoms with Crippen molar-refractivity contribution in [3.05, 3.63) is 60.3 Å². The summed E-state index contributed by atoms with van der Waals surface area (Å²) in [7, 11) is -1.80. The fourth-order valence-electron chi connectivity index (χ4n) is 2.16. The van der Waals surface area contributed by atoms with Crippen LogP contribution in [-0.4, -0.2) is 37.2 Å². The number of hydrogen-bond donors (Lipinski definition) is 2. The van der Waals surface area contributed by atoms with Crippen LogP contribution in [0, 0.1) is 0 Å². The van der Waals surface area contributed by atoms with E-state index in [1.807, 2.05) is 30.3 Å². The summed E-state index contributed by atoms with van der Waals surface area (Å²) in [6.07, 6.45) is 2.22. The highest BCUT2D eigenvalue weighted by atomic mass is 32.2. The van der Waals surface area contributed by atoms with Crippen molar-refractivity contribution in [2.75, 3.05) is 11.1 Å². The molecule has 0 aliphatic rings. The van der Waals surface area contributed by atoms with Gasteiger partial charge in [0, 0.05) is 17.0 Å². The predicted octanol–water partition coefficient (Wildman–Crippen LogP) is 1.85. The Bertz CT molecular complexity index is 707. The number of benzene rings is 1. The number of aryl methyl sites for hydroxylation is 1. The number of rotatable bonds is 8. The third-order valence-electron chi connectivity index (χ3n) is 3.34. The van der Waals surface area contributed by atoms with E-state index in [0.717, 1.165) is 5.56 Å². The molecular formula is C17H18N2O4S. The van der Waals surface area contributed by atoms with Gasteiger partial charge in [-0.15, -0.1) is 0 Å². The van der Waals surface area contributed by atoms with Gasteiger partial charge in [0.2, 0.25) is 5.91 Å². The number of anilines is 1. The molecule has 2 rings (SSSR count). The first-order valence-corrected chi connectivity index (χ1v) is 8.79. The van der Waals surface area contributed by atoms with E-state index in [2.05, 4.69) is 10.3 Å². The minimum absolute atomic E-state index is 0.211. The summed E-state index contributed by atoms with van der Waals surface area (Å²) in [6, 6.07) is 14.4. The van der Waals surface area contributed by atoms with Crippen molar-refractivity contribution in [1.29, 1.82) is 0 Å². The zero-order chi connectivity index (χ0) is 17.4. The minimum Gasteiger partial charge on any atom is -0.480 e. The molecule has 0 saturated carbocycles. The number of carboxylic acid groups (broad SMARTS) is 1. The number of carbonyl (C=O) groups excluding carboxylic acids is 1. The summed E-state index contributed by atoms with van der Waals surface area (Å²) in [5.74, 6) is -1.70. The van der Waals surface area contributed by atoms with Gasteiger partial charge in [0.05, 0.1) is 0 Å². The molecule has 0 aliphatic carbocycles. The molecule has 7 heteroatoms. The summed E-state index contributed by atoms with van der Waals surface area (Å²) in [6.45, 7) is 0. The lowest BCUT2D eigenvalue weighted by atomic mass is 10.1. The molecular weight excluding hydrogens is 328 g/mol. The van der Waals surface area contributed by atoms with E-state index in [-0.39, 0.29) is 12.2 Å². The topological polar surface area (TPSA) is 96.4 Å². The Labute approximate surface area is 142 Å². The van der Waals surface area contributed by atoms with E-state index < -0.39 is 27.9 Å². The van der Waals surface area contributed by atoms with Crippen LogP contribution in [0.5, 0.6) is 0 Å². The molecule has 1 aromatic heterocycles. The van der Waals surface area contributed by atoms with Gasteiger partial charge in [0.25, 0.3) is 0 Å². The van der Waals surface area contributed by atoms with Crippen LogP contribution in [0.25, 0.3) is 0 Å². The van der Waals surface area contributed by atoms with Crippen LogP contribution in [0.1, 0.15) is 12.0 Å². The molecule has 6 nitrogen and oxygen atoms in total. The molecule has 0 bridgehead atoms. The second-order valence-electron chi connectivity index (χ2n) is 5.14. The molecule has 2 atom stereocenters. The number of aliphatic carboxylic acids is 1. The maximum absolute atomic E-state index is 12.3. The first-order valence-electron chi connectivity index (χ1n) is 7.41. The van der Waals surface area contributed by atoms with Crippen molar-refractivity contribution >= 4 is 28.5 Å². The predicted molar refractivity (Wildman–Crippen MR) is 92.1 cm³/mol. The summed E-state index contributed by atoms with van der Waals surface area (Å²) in [4.78, 5) is 27.2. The molecule has 0 aliphatic heterocycles. The highest BCUT2D eigenvalue weighted by Gasteiger charge is 2.26. The molecule has 0 radical (unpaired) electrons. The highest BCUT2D eigenvalue weighted by Crippen LogP contribution is 2.11. The summed E-state index contributed by atoms with van der Waals surface area (Å²) in [5.41, 5.74) is 0.971. The molecule has 0 spiro atoms. The zero-order valence-corrected chi connectivity index (χ0v) is 13.7. The molecule has 2 unspecified atom stereocenters. The number of aromatic nitrogens is 1. The van der Waals surface area contributed by atoms with Crippen molar-refractivity contribution in [2.24, 2.45) is 0 Å². The fourth-order valence-corrected chi connectivity index (χ4v) is 3.29.